The summed E-state index contributed by atoms with van der Waals surface area (Å²) in [6.45, 7) is 4.89. The summed E-state index contributed by atoms with van der Waals surface area (Å²) in [5.74, 6) is 1.34. The van der Waals surface area contributed by atoms with Crippen molar-refractivity contribution in [3.05, 3.63) is 32.9 Å². The van der Waals surface area contributed by atoms with Gasteiger partial charge < -0.3 is 14.2 Å². The molecule has 3 heterocycles. The van der Waals surface area contributed by atoms with E-state index in [2.05, 4.69) is 20.8 Å². The maximum absolute atomic E-state index is 13.4. The van der Waals surface area contributed by atoms with Gasteiger partial charge in [-0.25, -0.2) is 4.98 Å². The quantitative estimate of drug-likeness (QED) is 0.388. The Kier molecular flexibility index (Phi) is 9.15. The molecule has 11 heteroatoms. The van der Waals surface area contributed by atoms with Crippen molar-refractivity contribution in [3.8, 4) is 11.5 Å². The minimum absolute atomic E-state index is 0. The van der Waals surface area contributed by atoms with Crippen LogP contribution in [0.2, 0.25) is 0 Å². The molecule has 0 bridgehead atoms. The molecule has 3 aromatic rings. The van der Waals surface area contributed by atoms with Gasteiger partial charge in [0.2, 0.25) is 0 Å². The Balaban J connectivity index is 0.00000289. The van der Waals surface area contributed by atoms with Gasteiger partial charge in [-0.15, -0.1) is 23.7 Å². The average Bonchev–Trinajstić information content (AvgIpc) is 3.43. The summed E-state index contributed by atoms with van der Waals surface area (Å²) in [7, 11) is 3.25. The third-order valence-corrected chi connectivity index (χ3v) is 7.82. The van der Waals surface area contributed by atoms with Crippen LogP contribution >= 0.6 is 51.0 Å². The number of thiazole rings is 1. The predicted molar refractivity (Wildman–Crippen MR) is 136 cm³/mol. The zero-order valence-electron chi connectivity index (χ0n) is 17.8. The molecule has 0 spiro atoms. The van der Waals surface area contributed by atoms with E-state index in [1.165, 1.54) is 22.7 Å². The van der Waals surface area contributed by atoms with Gasteiger partial charge in [-0.3, -0.25) is 14.6 Å². The second-order valence-electron chi connectivity index (χ2n) is 7.01. The molecule has 1 saturated heterocycles. The second-order valence-corrected chi connectivity index (χ2v) is 10.5. The molecular formula is C21H25BrClN3O4S2. The normalized spacial score (nSPS) is 14.2. The van der Waals surface area contributed by atoms with Crippen molar-refractivity contribution >= 4 is 72.3 Å². The molecule has 2 aromatic heterocycles. The minimum atomic E-state index is -0.0466. The standard InChI is InChI=1S/C21H24BrN3O4S2.ClH/c1-27-14-4-5-15(28-2)19-18(14)23-21(31-19)25(20(26)16-6-7-17(22)30-16)9-3-8-24-10-12-29-13-11-24;/h4-7H,3,8-13H2,1-2H3;1H. The Hall–Kier alpha value is -1.43. The van der Waals surface area contributed by atoms with E-state index in [-0.39, 0.29) is 18.3 Å². The molecule has 1 fully saturated rings. The smallest absolute Gasteiger partial charge is 0.270 e. The van der Waals surface area contributed by atoms with E-state index in [9.17, 15) is 4.79 Å². The Morgan fingerprint density at radius 2 is 1.88 bits per heavy atom. The number of carbonyl (C=O) groups excluding carboxylic acids is 1. The van der Waals surface area contributed by atoms with E-state index in [0.29, 0.717) is 27.8 Å². The van der Waals surface area contributed by atoms with Gasteiger partial charge in [-0.2, -0.15) is 0 Å². The third kappa shape index (κ3) is 5.55. The Bertz CT molecular complexity index is 1010. The van der Waals surface area contributed by atoms with Crippen molar-refractivity contribution < 1.29 is 19.0 Å². The fourth-order valence-electron chi connectivity index (χ4n) is 3.51. The Morgan fingerprint density at radius 3 is 2.53 bits per heavy atom. The van der Waals surface area contributed by atoms with E-state index < -0.39 is 0 Å². The third-order valence-electron chi connectivity index (χ3n) is 5.12. The van der Waals surface area contributed by atoms with E-state index in [4.69, 9.17) is 19.2 Å². The summed E-state index contributed by atoms with van der Waals surface area (Å²) in [5.41, 5.74) is 0.709. The van der Waals surface area contributed by atoms with Crippen molar-refractivity contribution in [1.29, 1.82) is 0 Å². The van der Waals surface area contributed by atoms with Gasteiger partial charge in [-0.1, -0.05) is 11.3 Å². The number of morpholine rings is 1. The molecule has 1 aliphatic rings. The molecule has 32 heavy (non-hydrogen) atoms. The molecule has 1 amide bonds. The summed E-state index contributed by atoms with van der Waals surface area (Å²) in [6.07, 6.45) is 0.850. The number of amides is 1. The number of methoxy groups -OCH3 is 2. The highest BCUT2D eigenvalue weighted by Crippen LogP contribution is 2.40. The van der Waals surface area contributed by atoms with Crippen molar-refractivity contribution in [2.75, 3.05) is 58.5 Å². The molecule has 174 valence electrons. The van der Waals surface area contributed by atoms with Gasteiger partial charge in [0.15, 0.2) is 5.13 Å². The van der Waals surface area contributed by atoms with Crippen LogP contribution in [-0.4, -0.2) is 69.4 Å². The Morgan fingerprint density at radius 1 is 1.16 bits per heavy atom. The SMILES string of the molecule is COc1ccc(OC)c2sc(N(CCCN3CCOCC3)C(=O)c3ccc(Br)s3)nc12.Cl. The van der Waals surface area contributed by atoms with Gasteiger partial charge in [-0.05, 0) is 46.6 Å². The van der Waals surface area contributed by atoms with Crippen LogP contribution in [-0.2, 0) is 4.74 Å². The molecule has 0 unspecified atom stereocenters. The number of fused-ring (bicyclic) bond motifs is 1. The highest BCUT2D eigenvalue weighted by molar-refractivity contribution is 9.11. The molecular weight excluding hydrogens is 538 g/mol. The Labute approximate surface area is 209 Å². The van der Waals surface area contributed by atoms with Crippen LogP contribution in [0.3, 0.4) is 0 Å². The summed E-state index contributed by atoms with van der Waals surface area (Å²) < 4.78 is 18.2. The topological polar surface area (TPSA) is 64.1 Å². The lowest BCUT2D eigenvalue weighted by molar-refractivity contribution is 0.0376. The summed E-state index contributed by atoms with van der Waals surface area (Å²) >= 11 is 6.34. The zero-order chi connectivity index (χ0) is 21.8. The van der Waals surface area contributed by atoms with Crippen LogP contribution in [0.25, 0.3) is 10.2 Å². The summed E-state index contributed by atoms with van der Waals surface area (Å²) in [4.78, 5) is 23.0. The van der Waals surface area contributed by atoms with Crippen molar-refractivity contribution in [1.82, 2.24) is 9.88 Å². The van der Waals surface area contributed by atoms with Crippen LogP contribution < -0.4 is 14.4 Å². The van der Waals surface area contributed by atoms with E-state index in [0.717, 1.165) is 53.5 Å². The fourth-order valence-corrected chi connectivity index (χ4v) is 5.95. The lowest BCUT2D eigenvalue weighted by Gasteiger charge is -2.27. The van der Waals surface area contributed by atoms with Crippen LogP contribution in [0.1, 0.15) is 16.1 Å². The zero-order valence-corrected chi connectivity index (χ0v) is 21.9. The lowest BCUT2D eigenvalue weighted by atomic mass is 10.3. The van der Waals surface area contributed by atoms with Gasteiger partial charge in [0, 0.05) is 26.2 Å². The molecule has 1 aliphatic heterocycles. The number of halogens is 2. The van der Waals surface area contributed by atoms with E-state index >= 15 is 0 Å². The molecule has 0 aliphatic carbocycles. The number of anilines is 1. The first-order chi connectivity index (χ1) is 15.1. The number of nitrogens with zero attached hydrogens (tertiary/aromatic N) is 3. The van der Waals surface area contributed by atoms with Crippen molar-refractivity contribution in [2.45, 2.75) is 6.42 Å². The maximum atomic E-state index is 13.4. The number of hydrogen-bond donors (Lipinski definition) is 0. The monoisotopic (exact) mass is 561 g/mol. The van der Waals surface area contributed by atoms with E-state index in [1.54, 1.807) is 19.1 Å². The maximum Gasteiger partial charge on any atom is 0.270 e. The van der Waals surface area contributed by atoms with Gasteiger partial charge in [0.05, 0.1) is 36.1 Å². The summed E-state index contributed by atoms with van der Waals surface area (Å²) in [5, 5.41) is 0.647. The highest BCUT2D eigenvalue weighted by Gasteiger charge is 2.25. The average molecular weight is 563 g/mol. The fraction of sp³-hybridized carbons (Fsp3) is 0.429. The largest absolute Gasteiger partial charge is 0.495 e. The highest BCUT2D eigenvalue weighted by atomic mass is 79.9. The molecule has 0 atom stereocenters. The molecule has 4 rings (SSSR count). The van der Waals surface area contributed by atoms with Crippen molar-refractivity contribution in [3.63, 3.8) is 0 Å². The van der Waals surface area contributed by atoms with Crippen LogP contribution in [0, 0.1) is 0 Å². The van der Waals surface area contributed by atoms with Gasteiger partial charge in [0.25, 0.3) is 5.91 Å². The number of benzene rings is 1. The summed E-state index contributed by atoms with van der Waals surface area (Å²) in [6, 6.07) is 7.45. The number of carbonyl (C=O) groups is 1. The molecule has 0 radical (unpaired) electrons. The number of thiophene rings is 1. The lowest BCUT2D eigenvalue weighted by Crippen LogP contribution is -2.39. The second kappa shape index (κ2) is 11.6. The number of ether oxygens (including phenoxy) is 3. The predicted octanol–water partition coefficient (Wildman–Crippen LogP) is 4.93. The minimum Gasteiger partial charge on any atom is -0.495 e. The van der Waals surface area contributed by atoms with Crippen LogP contribution in [0.4, 0.5) is 5.13 Å². The first-order valence-corrected chi connectivity index (χ1v) is 12.4. The number of rotatable bonds is 8. The molecule has 0 saturated carbocycles. The molecule has 1 aromatic carbocycles. The van der Waals surface area contributed by atoms with Crippen LogP contribution in [0.15, 0.2) is 28.1 Å². The first kappa shape index (κ1) is 25.2. The van der Waals surface area contributed by atoms with E-state index in [1.807, 2.05) is 24.3 Å². The van der Waals surface area contributed by atoms with Crippen LogP contribution in [0.5, 0.6) is 11.5 Å². The number of aromatic nitrogens is 1. The van der Waals surface area contributed by atoms with Gasteiger partial charge >= 0.3 is 0 Å². The number of hydrogen-bond acceptors (Lipinski definition) is 8. The molecule has 0 N–H and O–H groups in total. The van der Waals surface area contributed by atoms with Crippen molar-refractivity contribution in [2.24, 2.45) is 0 Å². The van der Waals surface area contributed by atoms with Gasteiger partial charge in [0.1, 0.15) is 21.7 Å². The first-order valence-electron chi connectivity index (χ1n) is 9.99. The molecule has 7 nitrogen and oxygen atoms in total.